The van der Waals surface area contributed by atoms with Gasteiger partial charge in [-0.05, 0) is 75.8 Å². The number of halogens is 2. The predicted octanol–water partition coefficient (Wildman–Crippen LogP) is 4.39. The minimum Gasteiger partial charge on any atom is -0.339 e. The average molecular weight is 417 g/mol. The van der Waals surface area contributed by atoms with Crippen LogP contribution in [0.3, 0.4) is 0 Å². The molecule has 0 amide bonds. The van der Waals surface area contributed by atoms with Crippen molar-refractivity contribution < 1.29 is 4.79 Å². The van der Waals surface area contributed by atoms with Crippen molar-refractivity contribution in [2.45, 2.75) is 6.92 Å². The average Bonchev–Trinajstić information content (AvgIpc) is 2.33. The fraction of sp³-hybridized carbons (Fsp3) is 0.0769. The third kappa shape index (κ3) is 3.29. The summed E-state index contributed by atoms with van der Waals surface area (Å²) < 4.78 is 1.97. The second kappa shape index (κ2) is 5.79. The lowest BCUT2D eigenvalue weighted by Crippen LogP contribution is -1.96. The maximum Gasteiger partial charge on any atom is 0.159 e. The van der Waals surface area contributed by atoms with E-state index in [1.54, 1.807) is 25.3 Å². The highest BCUT2D eigenvalue weighted by Crippen LogP contribution is 2.25. The lowest BCUT2D eigenvalue weighted by atomic mass is 10.1. The summed E-state index contributed by atoms with van der Waals surface area (Å²) in [6.45, 7) is 1.56. The molecule has 1 aromatic heterocycles. The summed E-state index contributed by atoms with van der Waals surface area (Å²) in [5.41, 5.74) is 1.60. The summed E-state index contributed by atoms with van der Waals surface area (Å²) in [6, 6.07) is 9.31. The number of carbonyl (C=O) groups is 1. The zero-order valence-corrected chi connectivity index (χ0v) is 13.3. The Morgan fingerprint density at radius 2 is 2.00 bits per heavy atom. The summed E-state index contributed by atoms with van der Waals surface area (Å²) in [5, 5.41) is 3.19. The van der Waals surface area contributed by atoms with Crippen molar-refractivity contribution in [3.63, 3.8) is 0 Å². The van der Waals surface area contributed by atoms with E-state index in [9.17, 15) is 4.79 Å². The molecule has 0 atom stereocenters. The first-order chi connectivity index (χ1) is 8.56. The maximum atomic E-state index is 11.2. The van der Waals surface area contributed by atoms with Gasteiger partial charge in [-0.3, -0.25) is 4.79 Å². The maximum absolute atomic E-state index is 11.2. The van der Waals surface area contributed by atoms with Gasteiger partial charge in [0.25, 0.3) is 0 Å². The minimum absolute atomic E-state index is 0.0649. The highest BCUT2D eigenvalue weighted by molar-refractivity contribution is 14.1. The number of rotatable bonds is 3. The van der Waals surface area contributed by atoms with Crippen LogP contribution in [-0.4, -0.2) is 10.8 Å². The van der Waals surface area contributed by atoms with Crippen molar-refractivity contribution in [1.82, 2.24) is 4.98 Å². The Hall–Kier alpha value is -0.950. The normalized spacial score (nSPS) is 10.2. The highest BCUT2D eigenvalue weighted by atomic mass is 127. The molecule has 2 rings (SSSR count). The standard InChI is InChI=1S/C13H10BrIN2O/c1-8(18)9-2-4-11(5-3-9)17-13-12(14)6-10(15)7-16-13/h2-7H,1H3,(H,16,17). The van der Waals surface area contributed by atoms with Gasteiger partial charge in [-0.25, -0.2) is 4.98 Å². The number of benzene rings is 1. The zero-order valence-electron chi connectivity index (χ0n) is 9.58. The molecule has 0 aliphatic heterocycles. The molecule has 0 spiro atoms. The fourth-order valence-electron chi connectivity index (χ4n) is 1.43. The number of carbonyl (C=O) groups excluding carboxylic acids is 1. The number of hydrogen-bond acceptors (Lipinski definition) is 3. The molecule has 0 bridgehead atoms. The van der Waals surface area contributed by atoms with E-state index in [4.69, 9.17) is 0 Å². The predicted molar refractivity (Wildman–Crippen MR) is 84.4 cm³/mol. The second-order valence-electron chi connectivity index (χ2n) is 3.74. The van der Waals surface area contributed by atoms with Crippen molar-refractivity contribution in [3.8, 4) is 0 Å². The molecule has 3 nitrogen and oxygen atoms in total. The van der Waals surface area contributed by atoms with E-state index < -0.39 is 0 Å². The van der Waals surface area contributed by atoms with E-state index in [-0.39, 0.29) is 5.78 Å². The van der Waals surface area contributed by atoms with Crippen molar-refractivity contribution in [2.24, 2.45) is 0 Å². The molecule has 0 unspecified atom stereocenters. The van der Waals surface area contributed by atoms with Crippen LogP contribution < -0.4 is 5.32 Å². The molecule has 0 aliphatic rings. The van der Waals surface area contributed by atoms with Crippen LogP contribution in [0.15, 0.2) is 41.0 Å². The van der Waals surface area contributed by atoms with Gasteiger partial charge in [-0.2, -0.15) is 0 Å². The van der Waals surface area contributed by atoms with Crippen LogP contribution in [0.1, 0.15) is 17.3 Å². The van der Waals surface area contributed by atoms with Crippen LogP contribution in [0.25, 0.3) is 0 Å². The second-order valence-corrected chi connectivity index (χ2v) is 5.84. The Bertz CT molecular complexity index is 584. The van der Waals surface area contributed by atoms with E-state index in [2.05, 4.69) is 48.8 Å². The lowest BCUT2D eigenvalue weighted by molar-refractivity contribution is 0.101. The van der Waals surface area contributed by atoms with Crippen LogP contribution in [0.2, 0.25) is 0 Å². The van der Waals surface area contributed by atoms with Crippen LogP contribution in [0.5, 0.6) is 0 Å². The fourth-order valence-corrected chi connectivity index (χ4v) is 2.76. The number of nitrogens with zero attached hydrogens (tertiary/aromatic N) is 1. The van der Waals surface area contributed by atoms with E-state index in [0.717, 1.165) is 19.5 Å². The van der Waals surface area contributed by atoms with Gasteiger partial charge in [-0.15, -0.1) is 0 Å². The van der Waals surface area contributed by atoms with Gasteiger partial charge < -0.3 is 5.32 Å². The summed E-state index contributed by atoms with van der Waals surface area (Å²) in [6.07, 6.45) is 1.79. The SMILES string of the molecule is CC(=O)c1ccc(Nc2ncc(I)cc2Br)cc1. The Labute approximate surface area is 127 Å². The number of nitrogens with one attached hydrogen (secondary N) is 1. The molecule has 0 radical (unpaired) electrons. The van der Waals surface area contributed by atoms with E-state index in [0.29, 0.717) is 5.56 Å². The smallest absolute Gasteiger partial charge is 0.159 e. The molecule has 2 aromatic rings. The lowest BCUT2D eigenvalue weighted by Gasteiger charge is -2.08. The van der Waals surface area contributed by atoms with Gasteiger partial charge in [0, 0.05) is 21.0 Å². The summed E-state index contributed by atoms with van der Waals surface area (Å²) >= 11 is 5.67. The van der Waals surface area contributed by atoms with E-state index in [1.165, 1.54) is 0 Å². The van der Waals surface area contributed by atoms with Crippen LogP contribution in [-0.2, 0) is 0 Å². The third-order valence-corrected chi connectivity index (χ3v) is 3.56. The van der Waals surface area contributed by atoms with Gasteiger partial charge in [0.15, 0.2) is 5.78 Å². The summed E-state index contributed by atoms with van der Waals surface area (Å²) in [7, 11) is 0. The number of pyridine rings is 1. The Morgan fingerprint density at radius 3 is 2.56 bits per heavy atom. The quantitative estimate of drug-likeness (QED) is 0.595. The topological polar surface area (TPSA) is 42.0 Å². The van der Waals surface area contributed by atoms with Gasteiger partial charge in [0.05, 0.1) is 4.47 Å². The first kappa shape index (κ1) is 13.5. The molecule has 1 N–H and O–H groups in total. The first-order valence-corrected chi connectivity index (χ1v) is 7.12. The van der Waals surface area contributed by atoms with Crippen molar-refractivity contribution >= 4 is 55.8 Å². The number of anilines is 2. The van der Waals surface area contributed by atoms with E-state index in [1.807, 2.05) is 18.2 Å². The molecule has 0 saturated heterocycles. The molecule has 0 aliphatic carbocycles. The van der Waals surface area contributed by atoms with Crippen LogP contribution in [0, 0.1) is 3.57 Å². The number of Topliss-reactive ketones (excluding diaryl/α,β-unsaturated/α-hetero) is 1. The van der Waals surface area contributed by atoms with Crippen molar-refractivity contribution in [1.29, 1.82) is 0 Å². The van der Waals surface area contributed by atoms with Gasteiger partial charge in [-0.1, -0.05) is 0 Å². The molecule has 1 aromatic carbocycles. The van der Waals surface area contributed by atoms with Crippen LogP contribution >= 0.6 is 38.5 Å². The zero-order chi connectivity index (χ0) is 13.1. The van der Waals surface area contributed by atoms with Gasteiger partial charge in [0.2, 0.25) is 0 Å². The third-order valence-electron chi connectivity index (χ3n) is 2.36. The molecule has 1 heterocycles. The minimum atomic E-state index is 0.0649. The first-order valence-electron chi connectivity index (χ1n) is 5.25. The van der Waals surface area contributed by atoms with Gasteiger partial charge >= 0.3 is 0 Å². The number of ketones is 1. The summed E-state index contributed by atoms with van der Waals surface area (Å²) in [4.78, 5) is 15.5. The van der Waals surface area contributed by atoms with Crippen LogP contribution in [0.4, 0.5) is 11.5 Å². The largest absolute Gasteiger partial charge is 0.339 e. The molecule has 0 saturated carbocycles. The molecule has 92 valence electrons. The number of hydrogen-bond donors (Lipinski definition) is 1. The van der Waals surface area contributed by atoms with E-state index >= 15 is 0 Å². The van der Waals surface area contributed by atoms with Crippen molar-refractivity contribution in [2.75, 3.05) is 5.32 Å². The molecule has 0 fully saturated rings. The molecule has 5 heteroatoms. The monoisotopic (exact) mass is 416 g/mol. The Kier molecular flexibility index (Phi) is 4.34. The highest BCUT2D eigenvalue weighted by Gasteiger charge is 2.03. The molecular weight excluding hydrogens is 407 g/mol. The molecule has 18 heavy (non-hydrogen) atoms. The Morgan fingerprint density at radius 1 is 1.33 bits per heavy atom. The molecular formula is C13H10BrIN2O. The van der Waals surface area contributed by atoms with Gasteiger partial charge in [0.1, 0.15) is 5.82 Å². The number of aromatic nitrogens is 1. The Balaban J connectivity index is 2.21. The summed E-state index contributed by atoms with van der Waals surface area (Å²) in [5.74, 6) is 0.820. The van der Waals surface area contributed by atoms with Crippen molar-refractivity contribution in [3.05, 3.63) is 50.1 Å².